The first-order chi connectivity index (χ1) is 24.8. The molecule has 1 atom stereocenters. The average molecular weight is 726 g/mol. The third-order valence-electron chi connectivity index (χ3n) is 8.21. The molecular formula is C40H43N3O6S2. The van der Waals surface area contributed by atoms with Crippen molar-refractivity contribution >= 4 is 63.6 Å². The van der Waals surface area contributed by atoms with E-state index in [0.29, 0.717) is 39.7 Å². The van der Waals surface area contributed by atoms with Gasteiger partial charge >= 0.3 is 5.97 Å². The third kappa shape index (κ3) is 10.1. The van der Waals surface area contributed by atoms with Crippen LogP contribution in [0.4, 0.5) is 10.7 Å². The summed E-state index contributed by atoms with van der Waals surface area (Å²) in [5.74, 6) is -1.02. The van der Waals surface area contributed by atoms with Crippen LogP contribution in [-0.4, -0.2) is 42.2 Å². The third-order valence-corrected chi connectivity index (χ3v) is 10.5. The maximum absolute atomic E-state index is 13.7. The molecule has 1 heterocycles. The number of carbonyl (C=O) groups excluding carboxylic acids is 4. The molecule has 3 aromatic carbocycles. The molecule has 1 unspecified atom stereocenters. The van der Waals surface area contributed by atoms with Crippen LogP contribution in [-0.2, 0) is 27.2 Å². The summed E-state index contributed by atoms with van der Waals surface area (Å²) in [6, 6.07) is 23.1. The number of carbonyl (C=O) groups is 4. The lowest BCUT2D eigenvalue weighted by Gasteiger charge is -2.15. The predicted molar refractivity (Wildman–Crippen MR) is 205 cm³/mol. The Morgan fingerprint density at radius 3 is 2.37 bits per heavy atom. The van der Waals surface area contributed by atoms with Crippen LogP contribution in [0.3, 0.4) is 0 Å². The number of fused-ring (bicyclic) bond motifs is 1. The van der Waals surface area contributed by atoms with Crippen LogP contribution in [0.25, 0.3) is 6.08 Å². The first-order valence-electron chi connectivity index (χ1n) is 17.3. The summed E-state index contributed by atoms with van der Waals surface area (Å²) in [7, 11) is 0. The van der Waals surface area contributed by atoms with Crippen molar-refractivity contribution < 1.29 is 28.7 Å². The van der Waals surface area contributed by atoms with E-state index in [1.165, 1.54) is 23.1 Å². The summed E-state index contributed by atoms with van der Waals surface area (Å²) in [5.41, 5.74) is 3.05. The molecule has 0 spiro atoms. The molecule has 1 aromatic heterocycles. The van der Waals surface area contributed by atoms with Crippen molar-refractivity contribution in [1.29, 1.82) is 0 Å². The predicted octanol–water partition coefficient (Wildman–Crippen LogP) is 8.51. The number of rotatable bonds is 13. The number of benzene rings is 3. The van der Waals surface area contributed by atoms with Crippen molar-refractivity contribution in [2.24, 2.45) is 0 Å². The zero-order valence-corrected chi connectivity index (χ0v) is 30.7. The lowest BCUT2D eigenvalue weighted by molar-refractivity contribution is -0.115. The summed E-state index contributed by atoms with van der Waals surface area (Å²) < 4.78 is 11.1. The van der Waals surface area contributed by atoms with Gasteiger partial charge in [-0.05, 0) is 94.5 Å². The SMILES string of the molecule is CCOC(=O)c1c(NC(=O)C(C)Sc2cccc(NC(=O)/C(=C\c3ccccc3OCC)NC(=O)c3ccccc3)c2)sc2c1CCCCCC2. The van der Waals surface area contributed by atoms with Crippen LogP contribution in [0.5, 0.6) is 5.75 Å². The molecule has 0 saturated heterocycles. The zero-order chi connectivity index (χ0) is 36.2. The minimum Gasteiger partial charge on any atom is -0.493 e. The lowest BCUT2D eigenvalue weighted by atomic mass is 9.96. The highest BCUT2D eigenvalue weighted by Gasteiger charge is 2.27. The van der Waals surface area contributed by atoms with Crippen LogP contribution < -0.4 is 20.7 Å². The Morgan fingerprint density at radius 2 is 1.61 bits per heavy atom. The molecular weight excluding hydrogens is 683 g/mol. The van der Waals surface area contributed by atoms with Gasteiger partial charge in [-0.15, -0.1) is 23.1 Å². The number of ether oxygens (including phenoxy) is 2. The van der Waals surface area contributed by atoms with Gasteiger partial charge in [-0.25, -0.2) is 4.79 Å². The van der Waals surface area contributed by atoms with E-state index < -0.39 is 23.0 Å². The monoisotopic (exact) mass is 725 g/mol. The second-order valence-electron chi connectivity index (χ2n) is 11.9. The van der Waals surface area contributed by atoms with E-state index in [-0.39, 0.29) is 18.2 Å². The Kier molecular flexibility index (Phi) is 13.5. The fourth-order valence-electron chi connectivity index (χ4n) is 5.73. The van der Waals surface area contributed by atoms with E-state index in [4.69, 9.17) is 9.47 Å². The number of esters is 1. The molecule has 266 valence electrons. The number of amides is 3. The normalized spacial score (nSPS) is 13.5. The number of hydrogen-bond acceptors (Lipinski definition) is 8. The maximum Gasteiger partial charge on any atom is 0.341 e. The zero-order valence-electron chi connectivity index (χ0n) is 29.1. The van der Waals surface area contributed by atoms with Crippen LogP contribution >= 0.6 is 23.1 Å². The molecule has 51 heavy (non-hydrogen) atoms. The van der Waals surface area contributed by atoms with Crippen molar-refractivity contribution in [2.75, 3.05) is 23.8 Å². The van der Waals surface area contributed by atoms with E-state index in [0.717, 1.165) is 53.9 Å². The smallest absolute Gasteiger partial charge is 0.341 e. The van der Waals surface area contributed by atoms with Crippen molar-refractivity contribution in [2.45, 2.75) is 69.4 Å². The van der Waals surface area contributed by atoms with Gasteiger partial charge in [-0.3, -0.25) is 14.4 Å². The van der Waals surface area contributed by atoms with Crippen molar-refractivity contribution in [3.8, 4) is 5.75 Å². The molecule has 5 rings (SSSR count). The Bertz CT molecular complexity index is 1890. The van der Waals surface area contributed by atoms with Gasteiger partial charge < -0.3 is 25.4 Å². The first-order valence-corrected chi connectivity index (χ1v) is 19.0. The first kappa shape index (κ1) is 37.4. The summed E-state index contributed by atoms with van der Waals surface area (Å²) in [6.07, 6.45) is 7.60. The minimum atomic E-state index is -0.529. The molecule has 3 amide bonds. The molecule has 4 aromatic rings. The molecule has 1 aliphatic rings. The Labute approximate surface area is 307 Å². The summed E-state index contributed by atoms with van der Waals surface area (Å²) >= 11 is 2.81. The van der Waals surface area contributed by atoms with Gasteiger partial charge in [0.25, 0.3) is 11.8 Å². The molecule has 1 aliphatic carbocycles. The molecule has 0 radical (unpaired) electrons. The lowest BCUT2D eigenvalue weighted by Crippen LogP contribution is -2.30. The molecule has 11 heteroatoms. The summed E-state index contributed by atoms with van der Waals surface area (Å²) in [5, 5.41) is 8.71. The van der Waals surface area contributed by atoms with Crippen LogP contribution in [0.2, 0.25) is 0 Å². The maximum atomic E-state index is 13.7. The Morgan fingerprint density at radius 1 is 0.863 bits per heavy atom. The summed E-state index contributed by atoms with van der Waals surface area (Å²) in [6.45, 7) is 6.15. The van der Waals surface area contributed by atoms with Gasteiger partial charge in [0.2, 0.25) is 5.91 Å². The van der Waals surface area contributed by atoms with Gasteiger partial charge in [0.05, 0.1) is 24.0 Å². The Balaban J connectivity index is 1.32. The highest BCUT2D eigenvalue weighted by Crippen LogP contribution is 2.38. The number of anilines is 2. The highest BCUT2D eigenvalue weighted by atomic mass is 32.2. The second kappa shape index (κ2) is 18.4. The van der Waals surface area contributed by atoms with Crippen molar-refractivity contribution in [1.82, 2.24) is 5.32 Å². The highest BCUT2D eigenvalue weighted by molar-refractivity contribution is 8.00. The van der Waals surface area contributed by atoms with Crippen LogP contribution in [0.1, 0.15) is 83.2 Å². The van der Waals surface area contributed by atoms with Gasteiger partial charge in [-0.2, -0.15) is 0 Å². The molecule has 0 aliphatic heterocycles. The number of nitrogens with one attached hydrogen (secondary N) is 3. The van der Waals surface area contributed by atoms with E-state index in [1.807, 2.05) is 31.2 Å². The molecule has 0 saturated carbocycles. The molecule has 0 fully saturated rings. The standard InChI is InChI=1S/C40H43N3O6S2/c1-4-48-33-22-14-13-18-28(33)24-32(42-37(45)27-16-9-8-10-17-27)38(46)41-29-19-15-20-30(25-29)50-26(3)36(44)43-39-35(40(47)49-5-2)31-21-11-6-7-12-23-34(31)51-39/h8-10,13-20,22,24-26H,4-7,11-12,21,23H2,1-3H3,(H,41,46)(H,42,45)(H,43,44)/b32-24+. The summed E-state index contributed by atoms with van der Waals surface area (Å²) in [4.78, 5) is 55.3. The van der Waals surface area contributed by atoms with Crippen LogP contribution in [0, 0.1) is 0 Å². The molecule has 3 N–H and O–H groups in total. The van der Waals surface area contributed by atoms with E-state index in [1.54, 1.807) is 74.5 Å². The largest absolute Gasteiger partial charge is 0.493 e. The fraction of sp³-hybridized carbons (Fsp3) is 0.300. The Hall–Kier alpha value is -4.87. The average Bonchev–Trinajstić information content (AvgIpc) is 3.44. The number of aryl methyl sites for hydroxylation is 1. The fourth-order valence-corrected chi connectivity index (χ4v) is 7.93. The van der Waals surface area contributed by atoms with Gasteiger partial charge in [0, 0.05) is 26.6 Å². The second-order valence-corrected chi connectivity index (χ2v) is 14.4. The molecule has 0 bridgehead atoms. The van der Waals surface area contributed by atoms with Gasteiger partial charge in [-0.1, -0.05) is 55.3 Å². The molecule has 9 nitrogen and oxygen atoms in total. The van der Waals surface area contributed by atoms with E-state index in [9.17, 15) is 19.2 Å². The van der Waals surface area contributed by atoms with Crippen LogP contribution in [0.15, 0.2) is 89.5 Å². The number of thioether (sulfide) groups is 1. The number of para-hydroxylation sites is 1. The quantitative estimate of drug-likeness (QED) is 0.0718. The van der Waals surface area contributed by atoms with E-state index in [2.05, 4.69) is 16.0 Å². The number of hydrogen-bond donors (Lipinski definition) is 3. The van der Waals surface area contributed by atoms with Crippen molar-refractivity contribution in [3.63, 3.8) is 0 Å². The van der Waals surface area contributed by atoms with Gasteiger partial charge in [0.15, 0.2) is 0 Å². The van der Waals surface area contributed by atoms with E-state index >= 15 is 0 Å². The van der Waals surface area contributed by atoms with Gasteiger partial charge in [0.1, 0.15) is 16.4 Å². The topological polar surface area (TPSA) is 123 Å². The number of thiophene rings is 1. The minimum absolute atomic E-state index is 0.0317. The van der Waals surface area contributed by atoms with Crippen molar-refractivity contribution in [3.05, 3.63) is 112 Å².